The minimum absolute atomic E-state index is 0.202. The van der Waals surface area contributed by atoms with Crippen molar-refractivity contribution in [3.05, 3.63) is 181 Å². The molecule has 7 rings (SSSR count). The number of aryl methyl sites for hydroxylation is 2. The van der Waals surface area contributed by atoms with Gasteiger partial charge in [-0.25, -0.2) is 0 Å². The lowest BCUT2D eigenvalue weighted by molar-refractivity contribution is 1.01. The fraction of sp³-hybridized carbons (Fsp3) is 0.0811. The molecule has 0 heteroatoms. The van der Waals surface area contributed by atoms with E-state index in [2.05, 4.69) is 141 Å². The van der Waals surface area contributed by atoms with Crippen molar-refractivity contribution >= 4 is 17.7 Å². The summed E-state index contributed by atoms with van der Waals surface area (Å²) >= 11 is 0. The summed E-state index contributed by atoms with van der Waals surface area (Å²) < 4.78 is 0. The molecule has 5 aromatic carbocycles. The first-order valence-corrected chi connectivity index (χ1v) is 13.1. The number of hydrogen-bond acceptors (Lipinski definition) is 0. The van der Waals surface area contributed by atoms with Crippen LogP contribution in [0, 0.1) is 24.3 Å². The molecule has 0 amide bonds. The molecule has 0 saturated heterocycles. The van der Waals surface area contributed by atoms with Gasteiger partial charge < -0.3 is 0 Å². The summed E-state index contributed by atoms with van der Waals surface area (Å²) in [5.41, 5.74) is 12.0. The van der Waals surface area contributed by atoms with E-state index in [9.17, 15) is 0 Å². The fourth-order valence-corrected chi connectivity index (χ4v) is 6.40. The van der Waals surface area contributed by atoms with Crippen LogP contribution in [0.3, 0.4) is 0 Å². The average Bonchev–Trinajstić information content (AvgIpc) is 3.52. The highest BCUT2D eigenvalue weighted by atomic mass is 14.3. The summed E-state index contributed by atoms with van der Waals surface area (Å²) in [5.74, 6) is 0.202. The molecule has 2 aliphatic carbocycles. The normalized spacial score (nSPS) is 14.6. The molecule has 0 saturated carbocycles. The van der Waals surface area contributed by atoms with Crippen molar-refractivity contribution < 1.29 is 0 Å². The summed E-state index contributed by atoms with van der Waals surface area (Å²) in [6, 6.07) is 39.9. The van der Waals surface area contributed by atoms with E-state index in [1.807, 2.05) is 0 Å². The molecule has 2 aliphatic rings. The van der Waals surface area contributed by atoms with Crippen LogP contribution in [0.5, 0.6) is 0 Å². The lowest BCUT2D eigenvalue weighted by Gasteiger charge is -2.21. The smallest absolute Gasteiger partial charge is 0.0293 e. The Labute approximate surface area is 217 Å². The van der Waals surface area contributed by atoms with Gasteiger partial charge in [0.2, 0.25) is 0 Å². The molecule has 0 fully saturated rings. The van der Waals surface area contributed by atoms with E-state index in [-0.39, 0.29) is 5.92 Å². The minimum atomic E-state index is 0.202. The van der Waals surface area contributed by atoms with Crippen molar-refractivity contribution in [1.82, 2.24) is 0 Å². The third kappa shape index (κ3) is 3.52. The molecule has 1 unspecified atom stereocenters. The van der Waals surface area contributed by atoms with Crippen LogP contribution in [0.25, 0.3) is 17.7 Å². The standard InChI is InChI=1S/C37H28/c1-24-21-25(2)35-29(22-24)17-18-32(35)37-33(20-19-31-30-16-10-9-15-28(30)23-34(31)37)36(26-11-5-3-6-12-26)27-13-7-4-8-14-27/h3-23,32H,1-2H3. The monoisotopic (exact) mass is 472 g/mol. The molecule has 0 nitrogen and oxygen atoms in total. The van der Waals surface area contributed by atoms with E-state index >= 15 is 0 Å². The van der Waals surface area contributed by atoms with Crippen molar-refractivity contribution in [1.29, 1.82) is 0 Å². The number of fused-ring (bicyclic) bond motifs is 3. The lowest BCUT2D eigenvalue weighted by Crippen LogP contribution is -2.20. The molecular weight excluding hydrogens is 444 g/mol. The van der Waals surface area contributed by atoms with Crippen molar-refractivity contribution in [2.45, 2.75) is 19.8 Å². The summed E-state index contributed by atoms with van der Waals surface area (Å²) in [7, 11) is 0. The SMILES string of the molecule is Cc1cc(C)c2c(c1)C=CC2c1c2c(ccc1=C(c1ccccc1)c1ccccc1)=c1ccccc1=C2. The Morgan fingerprint density at radius 1 is 0.622 bits per heavy atom. The van der Waals surface area contributed by atoms with Crippen LogP contribution in [0.2, 0.25) is 0 Å². The number of rotatable bonds is 3. The van der Waals surface area contributed by atoms with Crippen molar-refractivity contribution in [3.63, 3.8) is 0 Å². The predicted octanol–water partition coefficient (Wildman–Crippen LogP) is 7.14. The van der Waals surface area contributed by atoms with E-state index in [4.69, 9.17) is 0 Å². The van der Waals surface area contributed by atoms with Crippen LogP contribution in [0.1, 0.15) is 50.4 Å². The third-order valence-corrected chi connectivity index (χ3v) is 7.89. The second kappa shape index (κ2) is 8.61. The Balaban J connectivity index is 1.67. The summed E-state index contributed by atoms with van der Waals surface area (Å²) in [4.78, 5) is 0. The van der Waals surface area contributed by atoms with E-state index in [1.54, 1.807) is 0 Å². The Kier molecular flexibility index (Phi) is 5.08. The third-order valence-electron chi connectivity index (χ3n) is 7.89. The maximum atomic E-state index is 2.42. The first kappa shape index (κ1) is 21.8. The lowest BCUT2D eigenvalue weighted by atomic mass is 9.82. The van der Waals surface area contributed by atoms with Crippen LogP contribution in [-0.2, 0) is 0 Å². The quantitative estimate of drug-likeness (QED) is 0.257. The van der Waals surface area contributed by atoms with Crippen LogP contribution in [-0.4, -0.2) is 0 Å². The van der Waals surface area contributed by atoms with Crippen molar-refractivity contribution in [2.75, 3.05) is 0 Å². The Morgan fingerprint density at radius 3 is 2.03 bits per heavy atom. The van der Waals surface area contributed by atoms with Gasteiger partial charge in [-0.1, -0.05) is 127 Å². The average molecular weight is 473 g/mol. The van der Waals surface area contributed by atoms with Crippen LogP contribution in [0.4, 0.5) is 0 Å². The predicted molar refractivity (Wildman–Crippen MR) is 155 cm³/mol. The Bertz CT molecular complexity index is 1880. The minimum Gasteiger partial charge on any atom is -0.0720 e. The molecule has 0 N–H and O–H groups in total. The van der Waals surface area contributed by atoms with Crippen LogP contribution in [0.15, 0.2) is 115 Å². The van der Waals surface area contributed by atoms with E-state index in [0.717, 1.165) is 0 Å². The van der Waals surface area contributed by atoms with Gasteiger partial charge in [0, 0.05) is 5.92 Å². The van der Waals surface area contributed by atoms with Gasteiger partial charge >= 0.3 is 0 Å². The topological polar surface area (TPSA) is 0 Å². The highest BCUT2D eigenvalue weighted by Crippen LogP contribution is 2.39. The van der Waals surface area contributed by atoms with Gasteiger partial charge in [0.15, 0.2) is 0 Å². The maximum Gasteiger partial charge on any atom is 0.0293 e. The highest BCUT2D eigenvalue weighted by molar-refractivity contribution is 5.82. The van der Waals surface area contributed by atoms with Gasteiger partial charge in [0.05, 0.1) is 0 Å². The first-order chi connectivity index (χ1) is 18.2. The molecule has 0 aromatic heterocycles. The molecule has 0 aliphatic heterocycles. The van der Waals surface area contributed by atoms with Gasteiger partial charge in [0.1, 0.15) is 0 Å². The zero-order valence-corrected chi connectivity index (χ0v) is 21.2. The number of benzene rings is 5. The van der Waals surface area contributed by atoms with Crippen LogP contribution >= 0.6 is 0 Å². The second-order valence-corrected chi connectivity index (χ2v) is 10.2. The van der Waals surface area contributed by atoms with Gasteiger partial charge in [0.25, 0.3) is 0 Å². The first-order valence-electron chi connectivity index (χ1n) is 13.1. The van der Waals surface area contributed by atoms with E-state index in [1.165, 1.54) is 71.0 Å². The van der Waals surface area contributed by atoms with Crippen molar-refractivity contribution in [2.24, 2.45) is 0 Å². The van der Waals surface area contributed by atoms with Gasteiger partial charge in [-0.2, -0.15) is 0 Å². The fourth-order valence-electron chi connectivity index (χ4n) is 6.40. The Morgan fingerprint density at radius 2 is 1.30 bits per heavy atom. The molecule has 37 heavy (non-hydrogen) atoms. The molecule has 0 bridgehead atoms. The summed E-state index contributed by atoms with van der Waals surface area (Å²) in [6.07, 6.45) is 7.16. The zero-order valence-electron chi connectivity index (χ0n) is 21.2. The maximum absolute atomic E-state index is 2.42. The van der Waals surface area contributed by atoms with Gasteiger partial charge in [-0.05, 0) is 85.3 Å². The summed E-state index contributed by atoms with van der Waals surface area (Å²) in [6.45, 7) is 4.47. The van der Waals surface area contributed by atoms with Crippen molar-refractivity contribution in [3.8, 4) is 0 Å². The summed E-state index contributed by atoms with van der Waals surface area (Å²) in [5, 5.41) is 5.28. The molecule has 1 atom stereocenters. The van der Waals surface area contributed by atoms with E-state index in [0.29, 0.717) is 0 Å². The van der Waals surface area contributed by atoms with Gasteiger partial charge in [-0.3, -0.25) is 0 Å². The zero-order chi connectivity index (χ0) is 24.9. The molecule has 0 spiro atoms. The molecule has 176 valence electrons. The van der Waals surface area contributed by atoms with Gasteiger partial charge in [-0.15, -0.1) is 0 Å². The molecule has 0 radical (unpaired) electrons. The van der Waals surface area contributed by atoms with Crippen LogP contribution < -0.4 is 10.4 Å². The second-order valence-electron chi connectivity index (χ2n) is 10.2. The van der Waals surface area contributed by atoms with E-state index < -0.39 is 0 Å². The number of hydrogen-bond donors (Lipinski definition) is 0. The molecule has 0 heterocycles. The Hall–Kier alpha value is -4.42. The molecule has 5 aromatic rings. The molecular formula is C37H28. The highest BCUT2D eigenvalue weighted by Gasteiger charge is 2.26. The number of allylic oxidation sites excluding steroid dienone is 1. The largest absolute Gasteiger partial charge is 0.0720 e.